The van der Waals surface area contributed by atoms with E-state index in [4.69, 9.17) is 21.1 Å². The minimum atomic E-state index is 0.303. The molecule has 0 bridgehead atoms. The predicted octanol–water partition coefficient (Wildman–Crippen LogP) is 5.27. The molecule has 7 heteroatoms. The number of anilines is 1. The van der Waals surface area contributed by atoms with Crippen LogP contribution in [0.3, 0.4) is 0 Å². The second kappa shape index (κ2) is 7.52. The van der Waals surface area contributed by atoms with Gasteiger partial charge in [-0.05, 0) is 48.1 Å². The largest absolute Gasteiger partial charge is 0.493 e. The van der Waals surface area contributed by atoms with Crippen LogP contribution in [0, 0.1) is 5.92 Å². The van der Waals surface area contributed by atoms with Gasteiger partial charge in [0.05, 0.1) is 19.6 Å². The molecule has 1 fully saturated rings. The van der Waals surface area contributed by atoms with Gasteiger partial charge in [-0.25, -0.2) is 4.98 Å². The highest BCUT2D eigenvalue weighted by molar-refractivity contribution is 7.17. The molecule has 0 unspecified atom stereocenters. The summed E-state index contributed by atoms with van der Waals surface area (Å²) in [5.41, 5.74) is 2.15. The molecule has 1 aliphatic heterocycles. The van der Waals surface area contributed by atoms with E-state index in [0.717, 1.165) is 46.2 Å². The van der Waals surface area contributed by atoms with Gasteiger partial charge in [-0.3, -0.25) is 0 Å². The molecule has 5 nitrogen and oxygen atoms in total. The molecule has 3 heterocycles. The first kappa shape index (κ1) is 18.3. The van der Waals surface area contributed by atoms with Crippen molar-refractivity contribution in [2.75, 3.05) is 32.2 Å². The number of thiophene rings is 1. The quantitative estimate of drug-likeness (QED) is 0.555. The molecule has 0 N–H and O–H groups in total. The Morgan fingerprint density at radius 3 is 2.56 bits per heavy atom. The first-order chi connectivity index (χ1) is 13.1. The van der Waals surface area contributed by atoms with Crippen molar-refractivity contribution in [2.45, 2.75) is 19.8 Å². The van der Waals surface area contributed by atoms with Gasteiger partial charge < -0.3 is 14.4 Å². The van der Waals surface area contributed by atoms with E-state index in [1.54, 1.807) is 25.6 Å². The van der Waals surface area contributed by atoms with Gasteiger partial charge in [0, 0.05) is 24.0 Å². The van der Waals surface area contributed by atoms with Crippen LogP contribution < -0.4 is 14.4 Å². The van der Waals surface area contributed by atoms with Gasteiger partial charge in [-0.1, -0.05) is 13.0 Å². The number of nitrogens with zero attached hydrogens (tertiary/aromatic N) is 3. The van der Waals surface area contributed by atoms with Crippen molar-refractivity contribution >= 4 is 39.0 Å². The smallest absolute Gasteiger partial charge is 0.225 e. The van der Waals surface area contributed by atoms with Crippen molar-refractivity contribution in [1.29, 1.82) is 0 Å². The number of ether oxygens (including phenoxy) is 2. The van der Waals surface area contributed by atoms with Gasteiger partial charge >= 0.3 is 0 Å². The summed E-state index contributed by atoms with van der Waals surface area (Å²) < 4.78 is 10.8. The Morgan fingerprint density at radius 2 is 1.85 bits per heavy atom. The molecule has 3 aromatic rings. The van der Waals surface area contributed by atoms with Gasteiger partial charge in [0.15, 0.2) is 11.5 Å². The summed E-state index contributed by atoms with van der Waals surface area (Å²) >= 11 is 7.83. The number of piperidine rings is 1. The Morgan fingerprint density at radius 1 is 1.11 bits per heavy atom. The Kier molecular flexibility index (Phi) is 5.10. The molecular weight excluding hydrogens is 382 g/mol. The van der Waals surface area contributed by atoms with Gasteiger partial charge in [0.1, 0.15) is 10.6 Å². The van der Waals surface area contributed by atoms with E-state index >= 15 is 0 Å². The highest BCUT2D eigenvalue weighted by atomic mass is 35.5. The summed E-state index contributed by atoms with van der Waals surface area (Å²) in [5, 5.41) is 3.48. The molecule has 27 heavy (non-hydrogen) atoms. The summed E-state index contributed by atoms with van der Waals surface area (Å²) in [7, 11) is 3.29. The fourth-order valence-electron chi connectivity index (χ4n) is 3.56. The second-order valence-corrected chi connectivity index (χ2v) is 8.08. The minimum Gasteiger partial charge on any atom is -0.493 e. The molecule has 0 spiro atoms. The van der Waals surface area contributed by atoms with Crippen molar-refractivity contribution in [3.8, 4) is 22.6 Å². The lowest BCUT2D eigenvalue weighted by molar-refractivity contribution is 0.355. The average molecular weight is 404 g/mol. The molecular formula is C20H22ClN3O2S. The van der Waals surface area contributed by atoms with Crippen LogP contribution in [0.4, 0.5) is 5.82 Å². The molecule has 0 atom stereocenters. The Hall–Kier alpha value is -2.05. The summed E-state index contributed by atoms with van der Waals surface area (Å²) in [6, 6.07) is 5.97. The van der Waals surface area contributed by atoms with Gasteiger partial charge in [0.2, 0.25) is 5.28 Å². The zero-order valence-corrected chi connectivity index (χ0v) is 17.2. The SMILES string of the molecule is COc1ccc(-c2csc3nc(Cl)nc(N4CCC(C)CC4)c23)cc1OC. The molecule has 0 amide bonds. The number of fused-ring (bicyclic) bond motifs is 1. The van der Waals surface area contributed by atoms with Crippen molar-refractivity contribution in [2.24, 2.45) is 5.92 Å². The average Bonchev–Trinajstić information content (AvgIpc) is 3.11. The monoisotopic (exact) mass is 403 g/mol. The van der Waals surface area contributed by atoms with E-state index in [1.165, 1.54) is 12.8 Å². The molecule has 2 aromatic heterocycles. The van der Waals surface area contributed by atoms with E-state index in [0.29, 0.717) is 16.8 Å². The summed E-state index contributed by atoms with van der Waals surface area (Å²) in [5.74, 6) is 3.10. The van der Waals surface area contributed by atoms with Gasteiger partial charge in [0.25, 0.3) is 0 Å². The number of aromatic nitrogens is 2. The predicted molar refractivity (Wildman–Crippen MR) is 112 cm³/mol. The number of hydrogen-bond donors (Lipinski definition) is 0. The van der Waals surface area contributed by atoms with Crippen LogP contribution in [0.5, 0.6) is 11.5 Å². The first-order valence-electron chi connectivity index (χ1n) is 9.02. The van der Waals surface area contributed by atoms with E-state index in [1.807, 2.05) is 18.2 Å². The van der Waals surface area contributed by atoms with Crippen LogP contribution in [-0.4, -0.2) is 37.3 Å². The summed E-state index contributed by atoms with van der Waals surface area (Å²) in [4.78, 5) is 12.3. The Labute approximate surface area is 167 Å². The molecule has 0 saturated carbocycles. The maximum Gasteiger partial charge on any atom is 0.225 e. The third-order valence-corrected chi connectivity index (χ3v) is 6.21. The lowest BCUT2D eigenvalue weighted by Crippen LogP contribution is -2.33. The zero-order valence-electron chi connectivity index (χ0n) is 15.7. The summed E-state index contributed by atoms with van der Waals surface area (Å²) in [6.07, 6.45) is 2.33. The lowest BCUT2D eigenvalue weighted by Gasteiger charge is -2.31. The van der Waals surface area contributed by atoms with Crippen molar-refractivity contribution in [1.82, 2.24) is 9.97 Å². The van der Waals surface area contributed by atoms with Crippen molar-refractivity contribution in [3.63, 3.8) is 0 Å². The number of hydrogen-bond acceptors (Lipinski definition) is 6. The lowest BCUT2D eigenvalue weighted by atomic mass is 9.98. The fourth-order valence-corrected chi connectivity index (χ4v) is 4.72. The molecule has 1 saturated heterocycles. The molecule has 1 aliphatic rings. The maximum atomic E-state index is 6.24. The third kappa shape index (κ3) is 3.44. The third-order valence-electron chi connectivity index (χ3n) is 5.16. The summed E-state index contributed by atoms with van der Waals surface area (Å²) in [6.45, 7) is 4.29. The fraction of sp³-hybridized carbons (Fsp3) is 0.400. The van der Waals surface area contributed by atoms with Crippen LogP contribution in [0.25, 0.3) is 21.3 Å². The highest BCUT2D eigenvalue weighted by Crippen LogP contribution is 2.42. The first-order valence-corrected chi connectivity index (χ1v) is 10.3. The van der Waals surface area contributed by atoms with Crippen LogP contribution in [-0.2, 0) is 0 Å². The van der Waals surface area contributed by atoms with E-state index in [-0.39, 0.29) is 0 Å². The molecule has 0 aliphatic carbocycles. The molecule has 142 valence electrons. The molecule has 1 aromatic carbocycles. The zero-order chi connectivity index (χ0) is 19.0. The Bertz CT molecular complexity index is 967. The van der Waals surface area contributed by atoms with Gasteiger partial charge in [-0.2, -0.15) is 4.98 Å². The van der Waals surface area contributed by atoms with Crippen LogP contribution >= 0.6 is 22.9 Å². The van der Waals surface area contributed by atoms with Crippen molar-refractivity contribution < 1.29 is 9.47 Å². The van der Waals surface area contributed by atoms with Crippen LogP contribution in [0.15, 0.2) is 23.6 Å². The normalized spacial score (nSPS) is 15.3. The van der Waals surface area contributed by atoms with Crippen LogP contribution in [0.2, 0.25) is 5.28 Å². The maximum absolute atomic E-state index is 6.24. The highest BCUT2D eigenvalue weighted by Gasteiger charge is 2.23. The van der Waals surface area contributed by atoms with E-state index in [9.17, 15) is 0 Å². The van der Waals surface area contributed by atoms with E-state index in [2.05, 4.69) is 27.2 Å². The number of halogens is 1. The number of methoxy groups -OCH3 is 2. The molecule has 4 rings (SSSR count). The van der Waals surface area contributed by atoms with Gasteiger partial charge in [-0.15, -0.1) is 11.3 Å². The van der Waals surface area contributed by atoms with Crippen molar-refractivity contribution in [3.05, 3.63) is 28.9 Å². The molecule has 0 radical (unpaired) electrons. The minimum absolute atomic E-state index is 0.303. The Balaban J connectivity index is 1.85. The number of benzene rings is 1. The van der Waals surface area contributed by atoms with E-state index < -0.39 is 0 Å². The number of rotatable bonds is 4. The van der Waals surface area contributed by atoms with Crippen LogP contribution in [0.1, 0.15) is 19.8 Å². The standard InChI is InChI=1S/C20H22ClN3O2S/c1-12-6-8-24(9-7-12)18-17-14(11-27-19(17)23-20(21)22-18)13-4-5-15(25-2)16(10-13)26-3/h4-5,10-12H,6-9H2,1-3H3. The second-order valence-electron chi connectivity index (χ2n) is 6.89. The topological polar surface area (TPSA) is 47.5 Å².